The van der Waals surface area contributed by atoms with E-state index < -0.39 is 0 Å². The minimum absolute atomic E-state index is 0.00976. The molecular formula is C19H21N3O2S. The van der Waals surface area contributed by atoms with Crippen molar-refractivity contribution in [2.75, 3.05) is 6.54 Å². The van der Waals surface area contributed by atoms with E-state index in [9.17, 15) is 4.79 Å². The Morgan fingerprint density at radius 2 is 2.12 bits per heavy atom. The summed E-state index contributed by atoms with van der Waals surface area (Å²) in [5.41, 5.74) is 2.24. The maximum atomic E-state index is 12.0. The van der Waals surface area contributed by atoms with Crippen molar-refractivity contribution in [3.63, 3.8) is 0 Å². The predicted molar refractivity (Wildman–Crippen MR) is 98.4 cm³/mol. The van der Waals surface area contributed by atoms with Crippen molar-refractivity contribution in [1.82, 2.24) is 15.5 Å². The predicted octanol–water partition coefficient (Wildman–Crippen LogP) is 4.04. The van der Waals surface area contributed by atoms with Crippen molar-refractivity contribution in [1.29, 1.82) is 0 Å². The molecule has 130 valence electrons. The third-order valence-corrected chi connectivity index (χ3v) is 4.76. The van der Waals surface area contributed by atoms with Crippen molar-refractivity contribution < 1.29 is 9.32 Å². The first-order valence-corrected chi connectivity index (χ1v) is 9.33. The molecule has 0 fully saturated rings. The Bertz CT molecular complexity index is 784. The van der Waals surface area contributed by atoms with E-state index in [1.165, 1.54) is 5.56 Å². The summed E-state index contributed by atoms with van der Waals surface area (Å²) in [5, 5.41) is 10.8. The van der Waals surface area contributed by atoms with Gasteiger partial charge < -0.3 is 9.84 Å². The zero-order chi connectivity index (χ0) is 17.5. The Morgan fingerprint density at radius 1 is 1.28 bits per heavy atom. The molecule has 1 N–H and O–H groups in total. The number of nitrogens with one attached hydrogen (secondary N) is 1. The molecule has 0 saturated carbocycles. The number of carbonyl (C=O) groups excluding carboxylic acids is 1. The fourth-order valence-corrected chi connectivity index (χ4v) is 3.18. The van der Waals surface area contributed by atoms with Gasteiger partial charge >= 0.3 is 0 Å². The Kier molecular flexibility index (Phi) is 5.95. The normalized spacial score (nSPS) is 12.0. The second-order valence-electron chi connectivity index (χ2n) is 5.97. The molecule has 0 aliphatic carbocycles. The molecule has 0 aliphatic heterocycles. The highest BCUT2D eigenvalue weighted by molar-refractivity contribution is 7.08. The molecule has 2 heterocycles. The van der Waals surface area contributed by atoms with Crippen LogP contribution < -0.4 is 5.32 Å². The quantitative estimate of drug-likeness (QED) is 0.662. The number of nitrogens with zero attached hydrogens (tertiary/aromatic N) is 2. The number of carbonyl (C=O) groups is 1. The first kappa shape index (κ1) is 17.4. The number of rotatable bonds is 8. The van der Waals surface area contributed by atoms with Gasteiger partial charge in [-0.25, -0.2) is 0 Å². The molecule has 0 spiro atoms. The van der Waals surface area contributed by atoms with Crippen LogP contribution in [0.15, 0.2) is 51.7 Å². The van der Waals surface area contributed by atoms with Gasteiger partial charge in [0.25, 0.3) is 0 Å². The lowest BCUT2D eigenvalue weighted by Crippen LogP contribution is -2.25. The SMILES string of the molecule is CC(CCNC(=O)CCc1nc(-c2ccsc2)no1)c1ccccc1. The minimum atomic E-state index is 0.00976. The molecule has 0 radical (unpaired) electrons. The summed E-state index contributed by atoms with van der Waals surface area (Å²) < 4.78 is 5.20. The summed E-state index contributed by atoms with van der Waals surface area (Å²) in [7, 11) is 0. The van der Waals surface area contributed by atoms with Gasteiger partial charge in [0.05, 0.1) is 0 Å². The van der Waals surface area contributed by atoms with Crippen molar-refractivity contribution in [2.45, 2.75) is 32.1 Å². The van der Waals surface area contributed by atoms with Crippen LogP contribution in [-0.4, -0.2) is 22.6 Å². The van der Waals surface area contributed by atoms with Crippen LogP contribution in [-0.2, 0) is 11.2 Å². The number of hydrogen-bond acceptors (Lipinski definition) is 5. The van der Waals surface area contributed by atoms with E-state index in [0.717, 1.165) is 12.0 Å². The average Bonchev–Trinajstić information content (AvgIpc) is 3.32. The highest BCUT2D eigenvalue weighted by Gasteiger charge is 2.11. The van der Waals surface area contributed by atoms with Gasteiger partial charge in [-0.05, 0) is 29.3 Å². The van der Waals surface area contributed by atoms with Crippen LogP contribution in [0.5, 0.6) is 0 Å². The lowest BCUT2D eigenvalue weighted by molar-refractivity contribution is -0.121. The van der Waals surface area contributed by atoms with Crippen LogP contribution in [0.3, 0.4) is 0 Å². The number of benzene rings is 1. The zero-order valence-electron chi connectivity index (χ0n) is 14.1. The minimum Gasteiger partial charge on any atom is -0.356 e. The molecule has 3 aromatic rings. The maximum absolute atomic E-state index is 12.0. The van der Waals surface area contributed by atoms with E-state index in [1.54, 1.807) is 11.3 Å². The molecule has 1 atom stereocenters. The van der Waals surface area contributed by atoms with Gasteiger partial charge in [-0.2, -0.15) is 16.3 Å². The molecule has 1 amide bonds. The van der Waals surface area contributed by atoms with Crippen LogP contribution in [0.1, 0.15) is 37.1 Å². The summed E-state index contributed by atoms with van der Waals surface area (Å²) >= 11 is 1.59. The van der Waals surface area contributed by atoms with E-state index in [0.29, 0.717) is 37.0 Å². The van der Waals surface area contributed by atoms with Crippen molar-refractivity contribution in [3.8, 4) is 11.4 Å². The Balaban J connectivity index is 1.38. The van der Waals surface area contributed by atoms with Crippen LogP contribution in [0, 0.1) is 0 Å². The zero-order valence-corrected chi connectivity index (χ0v) is 15.0. The molecule has 1 unspecified atom stereocenters. The number of thiophene rings is 1. The fourth-order valence-electron chi connectivity index (χ4n) is 2.55. The van der Waals surface area contributed by atoms with E-state index >= 15 is 0 Å². The molecule has 0 aliphatic rings. The second kappa shape index (κ2) is 8.58. The van der Waals surface area contributed by atoms with Gasteiger partial charge in [0.1, 0.15) is 0 Å². The summed E-state index contributed by atoms with van der Waals surface area (Å²) in [6, 6.07) is 12.3. The highest BCUT2D eigenvalue weighted by atomic mass is 32.1. The lowest BCUT2D eigenvalue weighted by atomic mass is 9.98. The van der Waals surface area contributed by atoms with Gasteiger partial charge in [0, 0.05) is 30.3 Å². The van der Waals surface area contributed by atoms with E-state index in [1.807, 2.05) is 35.0 Å². The Hall–Kier alpha value is -2.47. The van der Waals surface area contributed by atoms with Crippen LogP contribution in [0.4, 0.5) is 0 Å². The molecule has 3 rings (SSSR count). The maximum Gasteiger partial charge on any atom is 0.227 e. The average molecular weight is 355 g/mol. The molecule has 0 bridgehead atoms. The second-order valence-corrected chi connectivity index (χ2v) is 6.75. The number of aromatic nitrogens is 2. The summed E-state index contributed by atoms with van der Waals surface area (Å²) in [5.74, 6) is 1.50. The largest absolute Gasteiger partial charge is 0.356 e. The number of amides is 1. The monoisotopic (exact) mass is 355 g/mol. The molecule has 5 nitrogen and oxygen atoms in total. The van der Waals surface area contributed by atoms with Crippen LogP contribution >= 0.6 is 11.3 Å². The Labute approximate surface area is 151 Å². The van der Waals surface area contributed by atoms with Crippen molar-refractivity contribution >= 4 is 17.2 Å². The third kappa shape index (κ3) is 5.00. The summed E-state index contributed by atoms with van der Waals surface area (Å²) in [6.07, 6.45) is 1.72. The van der Waals surface area contributed by atoms with Gasteiger partial charge in [-0.15, -0.1) is 0 Å². The topological polar surface area (TPSA) is 68.0 Å². The molecule has 6 heteroatoms. The smallest absolute Gasteiger partial charge is 0.227 e. The summed E-state index contributed by atoms with van der Waals surface area (Å²) in [6.45, 7) is 2.84. The van der Waals surface area contributed by atoms with Gasteiger partial charge in [0.15, 0.2) is 0 Å². The number of hydrogen-bond donors (Lipinski definition) is 1. The highest BCUT2D eigenvalue weighted by Crippen LogP contribution is 2.19. The van der Waals surface area contributed by atoms with Crippen molar-refractivity contribution in [3.05, 3.63) is 58.6 Å². The summed E-state index contributed by atoms with van der Waals surface area (Å²) in [4.78, 5) is 16.3. The molecule has 25 heavy (non-hydrogen) atoms. The van der Waals surface area contributed by atoms with E-state index in [-0.39, 0.29) is 5.91 Å². The third-order valence-electron chi connectivity index (χ3n) is 4.08. The standard InChI is InChI=1S/C19H21N3O2S/c1-14(15-5-3-2-4-6-15)9-11-20-17(23)7-8-18-21-19(22-24-18)16-10-12-25-13-16/h2-6,10,12-14H,7-9,11H2,1H3,(H,20,23). The molecule has 2 aromatic heterocycles. The van der Waals surface area contributed by atoms with E-state index in [4.69, 9.17) is 4.52 Å². The number of aryl methyl sites for hydroxylation is 1. The van der Waals surface area contributed by atoms with Crippen LogP contribution in [0.25, 0.3) is 11.4 Å². The first-order chi connectivity index (χ1) is 12.2. The molecule has 1 aromatic carbocycles. The van der Waals surface area contributed by atoms with Gasteiger partial charge in [-0.1, -0.05) is 42.4 Å². The van der Waals surface area contributed by atoms with Gasteiger partial charge in [0.2, 0.25) is 17.6 Å². The first-order valence-electron chi connectivity index (χ1n) is 8.39. The fraction of sp³-hybridized carbons (Fsp3) is 0.316. The molecular weight excluding hydrogens is 334 g/mol. The lowest BCUT2D eigenvalue weighted by Gasteiger charge is -2.12. The van der Waals surface area contributed by atoms with E-state index in [2.05, 4.69) is 34.5 Å². The van der Waals surface area contributed by atoms with Crippen LogP contribution in [0.2, 0.25) is 0 Å². The van der Waals surface area contributed by atoms with Crippen molar-refractivity contribution in [2.24, 2.45) is 0 Å². The van der Waals surface area contributed by atoms with Gasteiger partial charge in [-0.3, -0.25) is 4.79 Å². The Morgan fingerprint density at radius 3 is 2.88 bits per heavy atom. The molecule has 0 saturated heterocycles.